The van der Waals surface area contributed by atoms with Gasteiger partial charge in [0.15, 0.2) is 5.34 Å². The number of hydrogen-bond acceptors (Lipinski definition) is 2. The second kappa shape index (κ2) is 19.0. The predicted molar refractivity (Wildman–Crippen MR) is 21.3 cm³/mol. The van der Waals surface area contributed by atoms with E-state index >= 15 is 0 Å². The zero-order chi connectivity index (χ0) is 2.71. The third-order valence-corrected chi connectivity index (χ3v) is 0. The Labute approximate surface area is 72.8 Å². The molecule has 0 amide bonds. The minimum Gasteiger partial charge on any atom is -1.00 e. The molecule has 0 aliphatic rings. The topological polar surface area (TPSA) is 49.7 Å². The molecule has 0 spiro atoms. The molecule has 1 N–H and O–H groups in total. The van der Waals surface area contributed by atoms with E-state index in [1.54, 1.807) is 0 Å². The smallest absolute Gasteiger partial charge is 1.00 e. The second-order valence-electron chi connectivity index (χ2n) is 0.0816. The standard InChI is InChI=1S/Al.Ca.HNO2.2H/c;;2-1-3;;/h;;(H,2,3);;/q;+2;;2*-1. The van der Waals surface area contributed by atoms with Crippen molar-refractivity contribution in [2.75, 3.05) is 0 Å². The maximum Gasteiger partial charge on any atom is 2.00 e. The molecule has 5 heavy (non-hydrogen) atoms. The van der Waals surface area contributed by atoms with Crippen LogP contribution >= 0.6 is 0 Å². The quantitative estimate of drug-likeness (QED) is 0.266. The van der Waals surface area contributed by atoms with Gasteiger partial charge >= 0.3 is 37.7 Å². The van der Waals surface area contributed by atoms with Crippen LogP contribution in [0.1, 0.15) is 2.85 Å². The van der Waals surface area contributed by atoms with Gasteiger partial charge in [-0.25, -0.2) is 0 Å². The molecule has 25 valence electrons. The first-order valence-corrected chi connectivity index (χ1v) is 0.383. The summed E-state index contributed by atoms with van der Waals surface area (Å²) >= 11 is 0. The first-order valence-electron chi connectivity index (χ1n) is 0.383. The summed E-state index contributed by atoms with van der Waals surface area (Å²) in [7, 11) is 0. The van der Waals surface area contributed by atoms with Gasteiger partial charge in [0.25, 0.3) is 0 Å². The van der Waals surface area contributed by atoms with E-state index in [4.69, 9.17) is 10.1 Å². The largest absolute Gasteiger partial charge is 2.00 e. The van der Waals surface area contributed by atoms with E-state index in [-0.39, 0.29) is 58.0 Å². The van der Waals surface area contributed by atoms with Crippen molar-refractivity contribution in [1.82, 2.24) is 0 Å². The monoisotopic (exact) mass is 116 g/mol. The maximum absolute atomic E-state index is 8.11. The van der Waals surface area contributed by atoms with Crippen LogP contribution in [0.25, 0.3) is 0 Å². The summed E-state index contributed by atoms with van der Waals surface area (Å²) in [6, 6.07) is 0. The molecule has 0 aromatic heterocycles. The molecule has 0 saturated carbocycles. The maximum atomic E-state index is 8.11. The first-order chi connectivity index (χ1) is 1.41. The minimum absolute atomic E-state index is 0. The van der Waals surface area contributed by atoms with Crippen molar-refractivity contribution < 1.29 is 8.06 Å². The fourth-order valence-corrected chi connectivity index (χ4v) is 0. The SMILES string of the molecule is O=NO.[Al].[Ca+2].[H-].[H-]. The van der Waals surface area contributed by atoms with E-state index in [1.807, 2.05) is 0 Å². The average molecular weight is 116 g/mol. The Bertz CT molecular complexity index is 23.2. The van der Waals surface area contributed by atoms with Crippen LogP contribution in [-0.2, 0) is 0 Å². The van der Waals surface area contributed by atoms with E-state index in [9.17, 15) is 0 Å². The van der Waals surface area contributed by atoms with Crippen molar-refractivity contribution in [3.63, 3.8) is 0 Å². The molecular formula is H3AlCaNO2. The molecular weight excluding hydrogens is 113 g/mol. The Morgan fingerprint density at radius 3 is 1.80 bits per heavy atom. The number of hydrogen-bond donors (Lipinski definition) is 1. The normalized spacial score (nSPS) is 2.40. The van der Waals surface area contributed by atoms with Crippen LogP contribution in [0.2, 0.25) is 0 Å². The van der Waals surface area contributed by atoms with E-state index < -0.39 is 0 Å². The molecule has 0 aliphatic heterocycles. The van der Waals surface area contributed by atoms with Crippen LogP contribution in [0.4, 0.5) is 0 Å². The van der Waals surface area contributed by atoms with E-state index in [2.05, 4.69) is 0 Å². The van der Waals surface area contributed by atoms with Crippen molar-refractivity contribution in [1.29, 1.82) is 0 Å². The predicted octanol–water partition coefficient (Wildman–Crippen LogP) is -0.395. The van der Waals surface area contributed by atoms with Crippen molar-refractivity contribution in [3.05, 3.63) is 4.91 Å². The van der Waals surface area contributed by atoms with Gasteiger partial charge in [0, 0.05) is 17.4 Å². The van der Waals surface area contributed by atoms with Crippen LogP contribution in [0.3, 0.4) is 0 Å². The van der Waals surface area contributed by atoms with Gasteiger partial charge in [0.1, 0.15) is 0 Å². The Morgan fingerprint density at radius 2 is 1.80 bits per heavy atom. The molecule has 0 aliphatic carbocycles. The zero-order valence-corrected chi connectivity index (χ0v) is 5.95. The summed E-state index contributed by atoms with van der Waals surface area (Å²) in [5.74, 6) is 0. The average Bonchev–Trinajstić information content (AvgIpc) is 0.918. The van der Waals surface area contributed by atoms with Crippen molar-refractivity contribution >= 4 is 55.1 Å². The summed E-state index contributed by atoms with van der Waals surface area (Å²) < 4.78 is 0. The van der Waals surface area contributed by atoms with Gasteiger partial charge in [-0.2, -0.15) is 0 Å². The fourth-order valence-electron chi connectivity index (χ4n) is 0. The summed E-state index contributed by atoms with van der Waals surface area (Å²) in [6.07, 6.45) is 0. The van der Waals surface area contributed by atoms with Crippen molar-refractivity contribution in [2.24, 2.45) is 5.34 Å². The molecule has 0 atom stereocenters. The Morgan fingerprint density at radius 1 is 1.80 bits per heavy atom. The molecule has 0 fully saturated rings. The molecule has 0 aromatic carbocycles. The second-order valence-corrected chi connectivity index (χ2v) is 0.0816. The van der Waals surface area contributed by atoms with Crippen LogP contribution in [-0.4, -0.2) is 60.3 Å². The zero-order valence-electron chi connectivity index (χ0n) is 4.59. The molecule has 0 aromatic rings. The van der Waals surface area contributed by atoms with Crippen molar-refractivity contribution in [3.8, 4) is 0 Å². The molecule has 3 nitrogen and oxygen atoms in total. The van der Waals surface area contributed by atoms with Gasteiger partial charge < -0.3 is 8.06 Å². The van der Waals surface area contributed by atoms with E-state index in [1.165, 1.54) is 5.34 Å². The van der Waals surface area contributed by atoms with Gasteiger partial charge in [-0.05, 0) is 0 Å². The van der Waals surface area contributed by atoms with Gasteiger partial charge in [0.2, 0.25) is 0 Å². The van der Waals surface area contributed by atoms with Gasteiger partial charge in [-0.15, -0.1) is 4.91 Å². The minimum atomic E-state index is 0. The fraction of sp³-hybridized carbons (Fsp3) is 0. The summed E-state index contributed by atoms with van der Waals surface area (Å²) in [6.45, 7) is 0. The molecule has 0 rings (SSSR count). The van der Waals surface area contributed by atoms with Crippen LogP contribution < -0.4 is 0 Å². The summed E-state index contributed by atoms with van der Waals surface area (Å²) in [4.78, 5) is 8.11. The van der Waals surface area contributed by atoms with Crippen molar-refractivity contribution in [2.45, 2.75) is 0 Å². The van der Waals surface area contributed by atoms with Crippen LogP contribution in [0, 0.1) is 4.91 Å². The van der Waals surface area contributed by atoms with E-state index in [0.717, 1.165) is 0 Å². The van der Waals surface area contributed by atoms with Gasteiger partial charge in [-0.3, -0.25) is 0 Å². The molecule has 0 heterocycles. The number of nitrogens with zero attached hydrogens (tertiary/aromatic N) is 1. The Hall–Kier alpha value is 1.19. The number of rotatable bonds is 0. The third kappa shape index (κ3) is 37.2. The summed E-state index contributed by atoms with van der Waals surface area (Å²) in [5.41, 5.74) is 0. The molecule has 0 bridgehead atoms. The third-order valence-electron chi connectivity index (χ3n) is 0. The van der Waals surface area contributed by atoms with E-state index in [0.29, 0.717) is 0 Å². The summed E-state index contributed by atoms with van der Waals surface area (Å²) in [5, 5.41) is 7.89. The molecule has 5 heteroatoms. The Balaban J connectivity index is -0.00000000333. The molecule has 3 radical (unpaired) electrons. The molecule has 0 saturated heterocycles. The molecule has 0 unspecified atom stereocenters. The van der Waals surface area contributed by atoms with Crippen LogP contribution in [0.5, 0.6) is 0 Å². The van der Waals surface area contributed by atoms with Gasteiger partial charge in [0.05, 0.1) is 0 Å². The van der Waals surface area contributed by atoms with Crippen LogP contribution in [0.15, 0.2) is 5.34 Å². The first kappa shape index (κ1) is 16.4. The van der Waals surface area contributed by atoms with Gasteiger partial charge in [-0.1, -0.05) is 0 Å². The Kier molecular flexibility index (Phi) is 62.2.